The van der Waals surface area contributed by atoms with Crippen LogP contribution in [-0.2, 0) is 16.3 Å². The van der Waals surface area contributed by atoms with Gasteiger partial charge >= 0.3 is 0 Å². The van der Waals surface area contributed by atoms with Gasteiger partial charge in [-0.15, -0.1) is 0 Å². The molecule has 4 rings (SSSR count). The summed E-state index contributed by atoms with van der Waals surface area (Å²) in [4.78, 5) is 3.72. The molecule has 0 fully saturated rings. The Balaban J connectivity index is 1.78. The lowest BCUT2D eigenvalue weighted by Gasteiger charge is -2.07. The number of hydrogen-bond acceptors (Lipinski definition) is 3. The Labute approximate surface area is 165 Å². The van der Waals surface area contributed by atoms with E-state index >= 15 is 0 Å². The molecule has 0 saturated carbocycles. The zero-order chi connectivity index (χ0) is 19.2. The second-order valence-corrected chi connectivity index (χ2v) is 9.41. The fourth-order valence-corrected chi connectivity index (χ4v) is 6.01. The van der Waals surface area contributed by atoms with Crippen LogP contribution in [0.5, 0.6) is 0 Å². The number of sulfone groups is 1. The van der Waals surface area contributed by atoms with Crippen LogP contribution in [0.15, 0.2) is 63.0 Å². The molecule has 0 saturated heterocycles. The number of rotatable bonds is 4. The molecule has 3 nitrogen and oxygen atoms in total. The van der Waals surface area contributed by atoms with Crippen LogP contribution >= 0.6 is 22.9 Å². The van der Waals surface area contributed by atoms with E-state index in [4.69, 9.17) is 11.6 Å². The minimum Gasteiger partial charge on any atom is -0.358 e. The number of aromatic nitrogens is 1. The minimum atomic E-state index is -3.65. The highest BCUT2D eigenvalue weighted by molar-refractivity contribution is 7.91. The molecule has 0 amide bonds. The number of H-pyrrole nitrogens is 1. The fraction of sp³-hybridized carbons (Fsp3) is 0.100. The first kappa shape index (κ1) is 18.2. The summed E-state index contributed by atoms with van der Waals surface area (Å²) in [6, 6.07) is 10.7. The van der Waals surface area contributed by atoms with Crippen molar-refractivity contribution >= 4 is 43.7 Å². The smallest absolute Gasteiger partial charge is 0.207 e. The quantitative estimate of drug-likeness (QED) is 0.457. The van der Waals surface area contributed by atoms with Crippen LogP contribution < -0.4 is 0 Å². The summed E-state index contributed by atoms with van der Waals surface area (Å²) in [7, 11) is -3.65. The van der Waals surface area contributed by atoms with Crippen LogP contribution in [0.25, 0.3) is 10.9 Å². The molecule has 138 valence electrons. The minimum absolute atomic E-state index is 0.202. The van der Waals surface area contributed by atoms with Gasteiger partial charge in [0.25, 0.3) is 0 Å². The maximum atomic E-state index is 13.7. The number of fused-ring (bicyclic) bond motifs is 1. The molecule has 0 spiro atoms. The van der Waals surface area contributed by atoms with Gasteiger partial charge in [0.1, 0.15) is 5.82 Å². The van der Waals surface area contributed by atoms with Gasteiger partial charge in [-0.25, -0.2) is 12.8 Å². The maximum absolute atomic E-state index is 13.7. The molecule has 0 atom stereocenters. The molecule has 0 aliphatic carbocycles. The predicted molar refractivity (Wildman–Crippen MR) is 107 cm³/mol. The number of nitrogens with one attached hydrogen (secondary N) is 1. The van der Waals surface area contributed by atoms with Gasteiger partial charge < -0.3 is 4.98 Å². The largest absolute Gasteiger partial charge is 0.358 e. The SMILES string of the molecule is Cc1[nH]c2ccc(F)cc2c1Cc1cscc1S(=O)(=O)c1ccc(Cl)cc1. The molecule has 0 bridgehead atoms. The van der Waals surface area contributed by atoms with Crippen LogP contribution in [0.1, 0.15) is 16.8 Å². The van der Waals surface area contributed by atoms with Crippen molar-refractivity contribution in [2.45, 2.75) is 23.1 Å². The number of halogens is 2. The Morgan fingerprint density at radius 1 is 1.11 bits per heavy atom. The summed E-state index contributed by atoms with van der Waals surface area (Å²) in [5, 5.41) is 4.73. The van der Waals surface area contributed by atoms with Gasteiger partial charge in [0, 0.05) is 33.4 Å². The van der Waals surface area contributed by atoms with Crippen molar-refractivity contribution < 1.29 is 12.8 Å². The Kier molecular flexibility index (Phi) is 4.58. The Morgan fingerprint density at radius 3 is 2.59 bits per heavy atom. The van der Waals surface area contributed by atoms with E-state index in [1.165, 1.54) is 35.6 Å². The lowest BCUT2D eigenvalue weighted by Crippen LogP contribution is -2.04. The lowest BCUT2D eigenvalue weighted by molar-refractivity contribution is 0.595. The molecule has 4 aromatic rings. The molecule has 1 N–H and O–H groups in total. The Hall–Kier alpha value is -2.15. The van der Waals surface area contributed by atoms with Gasteiger partial charge in [0.05, 0.1) is 9.79 Å². The first-order valence-corrected chi connectivity index (χ1v) is 11.0. The van der Waals surface area contributed by atoms with E-state index < -0.39 is 9.84 Å². The number of aromatic amines is 1. The number of hydrogen-bond donors (Lipinski definition) is 1. The van der Waals surface area contributed by atoms with Gasteiger partial charge in [0.2, 0.25) is 9.84 Å². The number of aryl methyl sites for hydroxylation is 1. The van der Waals surface area contributed by atoms with Crippen LogP contribution in [0.3, 0.4) is 0 Å². The van der Waals surface area contributed by atoms with Crippen molar-refractivity contribution in [3.8, 4) is 0 Å². The summed E-state index contributed by atoms with van der Waals surface area (Å²) in [6.45, 7) is 1.91. The Bertz CT molecular complexity index is 1240. The molecule has 27 heavy (non-hydrogen) atoms. The van der Waals surface area contributed by atoms with E-state index in [1.807, 2.05) is 12.3 Å². The monoisotopic (exact) mass is 419 g/mol. The third-order valence-corrected chi connectivity index (χ3v) is 7.61. The molecular formula is C20H15ClFNO2S2. The summed E-state index contributed by atoms with van der Waals surface area (Å²) < 4.78 is 39.8. The number of thiophene rings is 1. The van der Waals surface area contributed by atoms with E-state index in [2.05, 4.69) is 4.98 Å². The highest BCUT2D eigenvalue weighted by atomic mass is 35.5. The van der Waals surface area contributed by atoms with Gasteiger partial charge in [-0.3, -0.25) is 0 Å². The van der Waals surface area contributed by atoms with E-state index in [-0.39, 0.29) is 15.6 Å². The summed E-state index contributed by atoms with van der Waals surface area (Å²) >= 11 is 7.21. The second-order valence-electron chi connectivity index (χ2n) is 6.31. The first-order valence-electron chi connectivity index (χ1n) is 8.18. The molecule has 0 radical (unpaired) electrons. The Morgan fingerprint density at radius 2 is 1.85 bits per heavy atom. The standard InChI is InChI=1S/C20H15ClFNO2S2/c1-12-17(18-9-15(22)4-7-19(18)23-12)8-13-10-26-11-20(13)27(24,25)16-5-2-14(21)3-6-16/h2-7,9-11,23H,8H2,1H3. The maximum Gasteiger partial charge on any atom is 0.207 e. The average Bonchev–Trinajstić information content (AvgIpc) is 3.21. The predicted octanol–water partition coefficient (Wildman–Crippen LogP) is 5.75. The third-order valence-electron chi connectivity index (χ3n) is 4.56. The highest BCUT2D eigenvalue weighted by Crippen LogP contribution is 2.32. The van der Waals surface area contributed by atoms with E-state index in [0.29, 0.717) is 17.0 Å². The van der Waals surface area contributed by atoms with Crippen molar-refractivity contribution in [1.29, 1.82) is 0 Å². The van der Waals surface area contributed by atoms with Crippen LogP contribution in [0.4, 0.5) is 4.39 Å². The van der Waals surface area contributed by atoms with Gasteiger partial charge in [-0.1, -0.05) is 11.6 Å². The van der Waals surface area contributed by atoms with E-state index in [1.54, 1.807) is 23.6 Å². The lowest BCUT2D eigenvalue weighted by atomic mass is 10.0. The zero-order valence-corrected chi connectivity index (χ0v) is 16.7. The molecule has 0 aliphatic heterocycles. The van der Waals surface area contributed by atoms with Crippen molar-refractivity contribution in [3.63, 3.8) is 0 Å². The summed E-state index contributed by atoms with van der Waals surface area (Å²) in [5.74, 6) is -0.318. The topological polar surface area (TPSA) is 49.9 Å². The molecule has 0 unspecified atom stereocenters. The number of benzene rings is 2. The van der Waals surface area contributed by atoms with Gasteiger partial charge in [0.15, 0.2) is 0 Å². The fourth-order valence-electron chi connectivity index (χ4n) is 3.19. The molecular weight excluding hydrogens is 405 g/mol. The summed E-state index contributed by atoms with van der Waals surface area (Å²) in [6.07, 6.45) is 0.404. The highest BCUT2D eigenvalue weighted by Gasteiger charge is 2.23. The van der Waals surface area contributed by atoms with Gasteiger partial charge in [-0.2, -0.15) is 11.3 Å². The second kappa shape index (κ2) is 6.78. The normalized spacial score (nSPS) is 12.0. The summed E-state index contributed by atoms with van der Waals surface area (Å²) in [5.41, 5.74) is 3.33. The van der Waals surface area contributed by atoms with Crippen molar-refractivity contribution in [1.82, 2.24) is 4.98 Å². The van der Waals surface area contributed by atoms with E-state index in [9.17, 15) is 12.8 Å². The van der Waals surface area contributed by atoms with Crippen LogP contribution in [0.2, 0.25) is 5.02 Å². The zero-order valence-electron chi connectivity index (χ0n) is 14.3. The molecule has 2 aromatic carbocycles. The molecule has 2 aromatic heterocycles. The average molecular weight is 420 g/mol. The van der Waals surface area contributed by atoms with Crippen molar-refractivity contribution in [2.24, 2.45) is 0 Å². The van der Waals surface area contributed by atoms with E-state index in [0.717, 1.165) is 22.2 Å². The van der Waals surface area contributed by atoms with Crippen molar-refractivity contribution in [2.75, 3.05) is 0 Å². The van der Waals surface area contributed by atoms with Crippen LogP contribution in [0, 0.1) is 12.7 Å². The van der Waals surface area contributed by atoms with Gasteiger partial charge in [-0.05, 0) is 65.9 Å². The molecule has 7 heteroatoms. The molecule has 2 heterocycles. The van der Waals surface area contributed by atoms with Crippen molar-refractivity contribution in [3.05, 3.63) is 80.9 Å². The first-order chi connectivity index (χ1) is 12.9. The molecule has 0 aliphatic rings. The van der Waals surface area contributed by atoms with Crippen LogP contribution in [-0.4, -0.2) is 13.4 Å². The third kappa shape index (κ3) is 3.29.